The Bertz CT molecular complexity index is 277. The van der Waals surface area contributed by atoms with Gasteiger partial charge in [0.25, 0.3) is 5.91 Å². The van der Waals surface area contributed by atoms with Crippen molar-refractivity contribution in [2.75, 3.05) is 19.7 Å². The minimum Gasteiger partial charge on any atom is -0.368 e. The molecule has 0 aromatic heterocycles. The summed E-state index contributed by atoms with van der Waals surface area (Å²) in [7, 11) is 0. The van der Waals surface area contributed by atoms with E-state index in [-0.39, 0.29) is 11.8 Å². The molecule has 4 N–H and O–H groups in total. The number of carbonyl (C=O) groups is 2. The van der Waals surface area contributed by atoms with Crippen molar-refractivity contribution in [2.45, 2.75) is 32.4 Å². The molecule has 17 heavy (non-hydrogen) atoms. The van der Waals surface area contributed by atoms with Crippen LogP contribution in [0.3, 0.4) is 0 Å². The Labute approximate surface area is 101 Å². The van der Waals surface area contributed by atoms with Gasteiger partial charge >= 0.3 is 0 Å². The molecule has 2 amide bonds. The zero-order valence-electron chi connectivity index (χ0n) is 10.4. The van der Waals surface area contributed by atoms with Gasteiger partial charge < -0.3 is 21.1 Å². The largest absolute Gasteiger partial charge is 0.368 e. The molecular weight excluding hydrogens is 222 g/mol. The van der Waals surface area contributed by atoms with E-state index in [0.29, 0.717) is 13.2 Å². The van der Waals surface area contributed by atoms with Crippen molar-refractivity contribution < 1.29 is 14.3 Å². The molecule has 6 heteroatoms. The van der Waals surface area contributed by atoms with E-state index < -0.39 is 18.1 Å². The van der Waals surface area contributed by atoms with E-state index in [1.807, 2.05) is 13.8 Å². The van der Waals surface area contributed by atoms with Crippen molar-refractivity contribution in [1.82, 2.24) is 10.6 Å². The number of hydrogen-bond acceptors (Lipinski definition) is 4. The average molecular weight is 243 g/mol. The monoisotopic (exact) mass is 243 g/mol. The van der Waals surface area contributed by atoms with Gasteiger partial charge in [-0.1, -0.05) is 20.3 Å². The number of rotatable bonds is 5. The van der Waals surface area contributed by atoms with Crippen molar-refractivity contribution >= 4 is 11.8 Å². The predicted molar refractivity (Wildman–Crippen MR) is 63.2 cm³/mol. The lowest BCUT2D eigenvalue weighted by Crippen LogP contribution is -2.55. The lowest BCUT2D eigenvalue weighted by molar-refractivity contribution is -0.138. The van der Waals surface area contributed by atoms with Gasteiger partial charge in [-0.25, -0.2) is 0 Å². The molecule has 0 bridgehead atoms. The molecule has 0 radical (unpaired) electrons. The van der Waals surface area contributed by atoms with Gasteiger partial charge in [-0.15, -0.1) is 0 Å². The fourth-order valence-corrected chi connectivity index (χ4v) is 1.71. The van der Waals surface area contributed by atoms with Crippen molar-refractivity contribution in [3.05, 3.63) is 0 Å². The number of amides is 2. The zero-order chi connectivity index (χ0) is 12.8. The number of primary amides is 1. The van der Waals surface area contributed by atoms with Crippen LogP contribution in [-0.2, 0) is 14.3 Å². The maximum atomic E-state index is 11.8. The molecule has 0 aromatic rings. The van der Waals surface area contributed by atoms with E-state index in [1.165, 1.54) is 0 Å². The van der Waals surface area contributed by atoms with Crippen LogP contribution >= 0.6 is 0 Å². The van der Waals surface area contributed by atoms with Crippen molar-refractivity contribution in [1.29, 1.82) is 0 Å². The number of nitrogens with one attached hydrogen (secondary N) is 2. The van der Waals surface area contributed by atoms with Crippen LogP contribution in [0.25, 0.3) is 0 Å². The molecule has 0 saturated carbocycles. The van der Waals surface area contributed by atoms with Crippen LogP contribution in [0.15, 0.2) is 0 Å². The normalized spacial score (nSPS) is 23.8. The van der Waals surface area contributed by atoms with Crippen molar-refractivity contribution in [2.24, 2.45) is 11.7 Å². The highest BCUT2D eigenvalue weighted by Gasteiger charge is 2.28. The van der Waals surface area contributed by atoms with Crippen LogP contribution in [0.1, 0.15) is 20.3 Å². The molecule has 0 aromatic carbocycles. The number of hydrogen-bond donors (Lipinski definition) is 3. The van der Waals surface area contributed by atoms with Crippen LogP contribution in [-0.4, -0.2) is 43.7 Å². The summed E-state index contributed by atoms with van der Waals surface area (Å²) in [6.07, 6.45) is 0.243. The van der Waals surface area contributed by atoms with Crippen LogP contribution in [0.5, 0.6) is 0 Å². The van der Waals surface area contributed by atoms with E-state index in [4.69, 9.17) is 10.5 Å². The molecule has 0 aliphatic carbocycles. The van der Waals surface area contributed by atoms with E-state index in [1.54, 1.807) is 0 Å². The minimum atomic E-state index is -0.627. The molecular formula is C11H21N3O3. The van der Waals surface area contributed by atoms with Gasteiger partial charge in [0.1, 0.15) is 12.1 Å². The summed E-state index contributed by atoms with van der Waals surface area (Å²) in [5.74, 6) is -0.759. The minimum absolute atomic E-state index is 0.0213. The molecule has 98 valence electrons. The van der Waals surface area contributed by atoms with E-state index in [2.05, 4.69) is 10.6 Å². The second-order valence-corrected chi connectivity index (χ2v) is 4.34. The van der Waals surface area contributed by atoms with E-state index in [0.717, 1.165) is 13.0 Å². The standard InChI is InChI=1S/C11H21N3O3/c1-3-7(2)9(10(12)15)14-11(16)8-6-13-4-5-17-8/h7-9,13H,3-6H2,1-2H3,(H2,12,15)(H,14,16)/t7-,8?,9?/m0/s1. The first-order valence-electron chi connectivity index (χ1n) is 5.98. The van der Waals surface area contributed by atoms with Crippen LogP contribution in [0, 0.1) is 5.92 Å². The zero-order valence-corrected chi connectivity index (χ0v) is 10.4. The summed E-state index contributed by atoms with van der Waals surface area (Å²) in [5.41, 5.74) is 5.28. The molecule has 1 rings (SSSR count). The van der Waals surface area contributed by atoms with Crippen molar-refractivity contribution in [3.8, 4) is 0 Å². The smallest absolute Gasteiger partial charge is 0.251 e. The summed E-state index contributed by atoms with van der Waals surface area (Å²) in [6, 6.07) is -0.627. The highest BCUT2D eigenvalue weighted by molar-refractivity contribution is 5.88. The van der Waals surface area contributed by atoms with Gasteiger partial charge in [-0.3, -0.25) is 9.59 Å². The SMILES string of the molecule is CC[C@H](C)C(NC(=O)C1CNCCO1)C(N)=O. The maximum absolute atomic E-state index is 11.8. The fraction of sp³-hybridized carbons (Fsp3) is 0.818. The fourth-order valence-electron chi connectivity index (χ4n) is 1.71. The summed E-state index contributed by atoms with van der Waals surface area (Å²) in [6.45, 7) is 5.55. The van der Waals surface area contributed by atoms with Gasteiger partial charge in [0.15, 0.2) is 0 Å². The molecule has 6 nitrogen and oxygen atoms in total. The summed E-state index contributed by atoms with van der Waals surface area (Å²) in [4.78, 5) is 23.1. The predicted octanol–water partition coefficient (Wildman–Crippen LogP) is -1.01. The quantitative estimate of drug-likeness (QED) is 0.577. The van der Waals surface area contributed by atoms with Gasteiger partial charge in [0.2, 0.25) is 5.91 Å². The highest BCUT2D eigenvalue weighted by atomic mass is 16.5. The maximum Gasteiger partial charge on any atom is 0.251 e. The number of nitrogens with two attached hydrogens (primary N) is 1. The van der Waals surface area contributed by atoms with Crippen molar-refractivity contribution in [3.63, 3.8) is 0 Å². The first-order valence-corrected chi connectivity index (χ1v) is 5.98. The van der Waals surface area contributed by atoms with Gasteiger partial charge in [0.05, 0.1) is 6.61 Å². The van der Waals surface area contributed by atoms with E-state index >= 15 is 0 Å². The topological polar surface area (TPSA) is 93.4 Å². The third kappa shape index (κ3) is 3.98. The summed E-state index contributed by atoms with van der Waals surface area (Å²) >= 11 is 0. The van der Waals surface area contributed by atoms with Crippen LogP contribution in [0.2, 0.25) is 0 Å². The molecule has 0 spiro atoms. The average Bonchev–Trinajstić information content (AvgIpc) is 2.35. The van der Waals surface area contributed by atoms with Gasteiger partial charge in [-0.05, 0) is 5.92 Å². The Balaban J connectivity index is 2.53. The van der Waals surface area contributed by atoms with Crippen LogP contribution < -0.4 is 16.4 Å². The lowest BCUT2D eigenvalue weighted by Gasteiger charge is -2.26. The van der Waals surface area contributed by atoms with E-state index in [9.17, 15) is 9.59 Å². The molecule has 1 heterocycles. The lowest BCUT2D eigenvalue weighted by atomic mass is 9.98. The van der Waals surface area contributed by atoms with Gasteiger partial charge in [-0.2, -0.15) is 0 Å². The van der Waals surface area contributed by atoms with Crippen LogP contribution in [0.4, 0.5) is 0 Å². The molecule has 2 unspecified atom stereocenters. The Kier molecular flexibility index (Phi) is 5.37. The number of carbonyl (C=O) groups excluding carboxylic acids is 2. The molecule has 1 fully saturated rings. The highest BCUT2D eigenvalue weighted by Crippen LogP contribution is 2.08. The second kappa shape index (κ2) is 6.56. The molecule has 1 aliphatic heterocycles. The van der Waals surface area contributed by atoms with Gasteiger partial charge in [0, 0.05) is 13.1 Å². The Morgan fingerprint density at radius 2 is 2.29 bits per heavy atom. The Hall–Kier alpha value is -1.14. The first kappa shape index (κ1) is 13.9. The molecule has 1 saturated heterocycles. The third-order valence-corrected chi connectivity index (χ3v) is 3.04. The Morgan fingerprint density at radius 1 is 1.59 bits per heavy atom. The summed E-state index contributed by atoms with van der Waals surface area (Å²) in [5, 5.41) is 5.72. The third-order valence-electron chi connectivity index (χ3n) is 3.04. The second-order valence-electron chi connectivity index (χ2n) is 4.34. The number of morpholine rings is 1. The summed E-state index contributed by atoms with van der Waals surface area (Å²) < 4.78 is 5.31. The molecule has 3 atom stereocenters. The number of ether oxygens (including phenoxy) is 1. The first-order chi connectivity index (χ1) is 8.06. The Morgan fingerprint density at radius 3 is 2.76 bits per heavy atom. The molecule has 1 aliphatic rings.